The first-order valence-corrected chi connectivity index (χ1v) is 3.59. The molecule has 0 aromatic rings. The minimum Gasteiger partial charge on any atom is -0.392 e. The van der Waals surface area contributed by atoms with Gasteiger partial charge in [0.2, 0.25) is 0 Å². The molecule has 0 bridgehead atoms. The Kier molecular flexibility index (Phi) is 3.93. The molecule has 56 valence electrons. The molecule has 0 amide bonds. The molecule has 0 spiro atoms. The molecule has 0 radical (unpaired) electrons. The molecule has 1 N–H and O–H groups in total. The number of rotatable bonds is 3. The summed E-state index contributed by atoms with van der Waals surface area (Å²) in [5.41, 5.74) is 0. The largest absolute Gasteiger partial charge is 0.392 e. The van der Waals surface area contributed by atoms with Crippen molar-refractivity contribution in [1.82, 2.24) is 0 Å². The van der Waals surface area contributed by atoms with Crippen molar-refractivity contribution in [3.63, 3.8) is 0 Å². The molecule has 0 fully saturated rings. The Bertz CT molecular complexity index is 85.1. The highest BCUT2D eigenvalue weighted by Gasteiger charge is 2.27. The second kappa shape index (κ2) is 3.68. The van der Waals surface area contributed by atoms with E-state index < -0.39 is 17.4 Å². The van der Waals surface area contributed by atoms with Gasteiger partial charge in [0.05, 0.1) is 6.10 Å². The van der Waals surface area contributed by atoms with E-state index in [9.17, 15) is 8.78 Å². The standard InChI is InChI=1S/C4H6BrClF2O/c5-4(7,8)1-3(9)2-6/h3,9H,1-2H2. The van der Waals surface area contributed by atoms with Gasteiger partial charge in [0.25, 0.3) is 0 Å². The van der Waals surface area contributed by atoms with Crippen molar-refractivity contribution in [1.29, 1.82) is 0 Å². The van der Waals surface area contributed by atoms with Crippen LogP contribution in [0.4, 0.5) is 8.78 Å². The highest BCUT2D eigenvalue weighted by atomic mass is 79.9. The normalized spacial score (nSPS) is 15.7. The third-order valence-electron chi connectivity index (χ3n) is 0.645. The molecule has 1 nitrogen and oxygen atoms in total. The first kappa shape index (κ1) is 9.59. The van der Waals surface area contributed by atoms with E-state index >= 15 is 0 Å². The van der Waals surface area contributed by atoms with Crippen LogP contribution in [-0.2, 0) is 0 Å². The van der Waals surface area contributed by atoms with Crippen molar-refractivity contribution in [2.24, 2.45) is 0 Å². The molecule has 0 saturated heterocycles. The lowest BCUT2D eigenvalue weighted by atomic mass is 10.3. The minimum absolute atomic E-state index is 0.165. The van der Waals surface area contributed by atoms with Crippen LogP contribution in [0.5, 0.6) is 0 Å². The first-order valence-electron chi connectivity index (χ1n) is 2.26. The second-order valence-corrected chi connectivity index (χ2v) is 3.10. The van der Waals surface area contributed by atoms with Crippen LogP contribution in [0.15, 0.2) is 0 Å². The van der Waals surface area contributed by atoms with Gasteiger partial charge in [-0.05, 0) is 15.9 Å². The number of halogens is 4. The van der Waals surface area contributed by atoms with Crippen LogP contribution in [0.25, 0.3) is 0 Å². The van der Waals surface area contributed by atoms with Crippen molar-refractivity contribution >= 4 is 27.5 Å². The predicted molar refractivity (Wildman–Crippen MR) is 35.2 cm³/mol. The van der Waals surface area contributed by atoms with Gasteiger partial charge in [-0.15, -0.1) is 11.6 Å². The number of alkyl halides is 4. The maximum Gasteiger partial charge on any atom is 0.303 e. The van der Waals surface area contributed by atoms with Crippen LogP contribution in [0.2, 0.25) is 0 Å². The van der Waals surface area contributed by atoms with Gasteiger partial charge in [-0.1, -0.05) is 0 Å². The fourth-order valence-corrected chi connectivity index (χ4v) is 0.805. The van der Waals surface area contributed by atoms with Crippen LogP contribution in [0.1, 0.15) is 6.42 Å². The first-order chi connectivity index (χ1) is 3.95. The van der Waals surface area contributed by atoms with Crippen LogP contribution >= 0.6 is 27.5 Å². The predicted octanol–water partition coefficient (Wildman–Crippen LogP) is 1.96. The van der Waals surface area contributed by atoms with E-state index in [2.05, 4.69) is 15.9 Å². The lowest BCUT2D eigenvalue weighted by Crippen LogP contribution is -2.18. The van der Waals surface area contributed by atoms with Crippen LogP contribution in [-0.4, -0.2) is 21.9 Å². The third-order valence-corrected chi connectivity index (χ3v) is 1.33. The molecule has 1 atom stereocenters. The summed E-state index contributed by atoms with van der Waals surface area (Å²) in [6, 6.07) is 0. The summed E-state index contributed by atoms with van der Waals surface area (Å²) >= 11 is 7.12. The van der Waals surface area contributed by atoms with Gasteiger partial charge >= 0.3 is 4.83 Å². The molecule has 0 heterocycles. The van der Waals surface area contributed by atoms with Gasteiger partial charge < -0.3 is 5.11 Å². The summed E-state index contributed by atoms with van der Waals surface area (Å²) in [4.78, 5) is -3.00. The second-order valence-electron chi connectivity index (χ2n) is 1.63. The van der Waals surface area contributed by atoms with E-state index in [1.807, 2.05) is 0 Å². The summed E-state index contributed by atoms with van der Waals surface area (Å²) in [6.07, 6.45) is -1.78. The highest BCUT2D eigenvalue weighted by Crippen LogP contribution is 2.27. The van der Waals surface area contributed by atoms with Gasteiger partial charge in [0.1, 0.15) is 0 Å². The molecule has 1 unspecified atom stereocenters. The Morgan fingerprint density at radius 3 is 2.22 bits per heavy atom. The zero-order valence-electron chi connectivity index (χ0n) is 4.45. The van der Waals surface area contributed by atoms with Crippen molar-refractivity contribution in [3.05, 3.63) is 0 Å². The van der Waals surface area contributed by atoms with Crippen molar-refractivity contribution < 1.29 is 13.9 Å². The molecule has 0 aromatic carbocycles. The van der Waals surface area contributed by atoms with E-state index in [1.165, 1.54) is 0 Å². The van der Waals surface area contributed by atoms with Crippen molar-refractivity contribution in [2.45, 2.75) is 17.4 Å². The van der Waals surface area contributed by atoms with Crippen molar-refractivity contribution in [2.75, 3.05) is 5.88 Å². The maximum absolute atomic E-state index is 11.9. The summed E-state index contributed by atoms with van der Waals surface area (Å²) in [5, 5.41) is 8.55. The van der Waals surface area contributed by atoms with E-state index in [1.54, 1.807) is 0 Å². The molecular weight excluding hydrogens is 217 g/mol. The number of aliphatic hydroxyl groups is 1. The number of aliphatic hydroxyl groups excluding tert-OH is 1. The molecule has 0 aromatic heterocycles. The fraction of sp³-hybridized carbons (Fsp3) is 1.00. The Morgan fingerprint density at radius 2 is 2.11 bits per heavy atom. The molecular formula is C4H6BrClF2O. The summed E-state index contributed by atoms with van der Waals surface area (Å²) in [7, 11) is 0. The monoisotopic (exact) mass is 222 g/mol. The van der Waals surface area contributed by atoms with E-state index in [0.717, 1.165) is 0 Å². The van der Waals surface area contributed by atoms with Crippen molar-refractivity contribution in [3.8, 4) is 0 Å². The smallest absolute Gasteiger partial charge is 0.303 e. The average molecular weight is 223 g/mol. The zero-order chi connectivity index (χ0) is 7.49. The number of hydrogen-bond acceptors (Lipinski definition) is 1. The molecule has 5 heteroatoms. The lowest BCUT2D eigenvalue weighted by molar-refractivity contribution is 0.0488. The Hall–Kier alpha value is 0.590. The lowest BCUT2D eigenvalue weighted by Gasteiger charge is -2.10. The third kappa shape index (κ3) is 6.48. The van der Waals surface area contributed by atoms with Gasteiger partial charge in [0, 0.05) is 12.3 Å². The van der Waals surface area contributed by atoms with Gasteiger partial charge in [0.15, 0.2) is 0 Å². The minimum atomic E-state index is -3.00. The molecule has 0 aliphatic carbocycles. The Balaban J connectivity index is 3.47. The van der Waals surface area contributed by atoms with Gasteiger partial charge in [-0.2, -0.15) is 8.78 Å². The van der Waals surface area contributed by atoms with Crippen LogP contribution in [0, 0.1) is 0 Å². The van der Waals surface area contributed by atoms with Gasteiger partial charge in [-0.25, -0.2) is 0 Å². The Morgan fingerprint density at radius 1 is 1.67 bits per heavy atom. The van der Waals surface area contributed by atoms with E-state index in [4.69, 9.17) is 16.7 Å². The fourth-order valence-electron chi connectivity index (χ4n) is 0.322. The van der Waals surface area contributed by atoms with Gasteiger partial charge in [-0.3, -0.25) is 0 Å². The average Bonchev–Trinajstić information content (AvgIpc) is 1.62. The molecule has 0 rings (SSSR count). The van der Waals surface area contributed by atoms with Crippen LogP contribution in [0.3, 0.4) is 0 Å². The quantitative estimate of drug-likeness (QED) is 0.725. The Labute approximate surface area is 65.1 Å². The summed E-state index contributed by atoms with van der Waals surface area (Å²) < 4.78 is 23.7. The maximum atomic E-state index is 11.9. The summed E-state index contributed by atoms with van der Waals surface area (Å²) in [5.74, 6) is -0.165. The zero-order valence-corrected chi connectivity index (χ0v) is 6.79. The SMILES string of the molecule is OC(CCl)CC(F)(F)Br. The van der Waals surface area contributed by atoms with E-state index in [-0.39, 0.29) is 5.88 Å². The number of hydrogen-bond donors (Lipinski definition) is 1. The highest BCUT2D eigenvalue weighted by molar-refractivity contribution is 9.09. The summed E-state index contributed by atoms with van der Waals surface area (Å²) in [6.45, 7) is 0. The van der Waals surface area contributed by atoms with E-state index in [0.29, 0.717) is 0 Å². The topological polar surface area (TPSA) is 20.2 Å². The molecule has 9 heavy (non-hydrogen) atoms. The molecule has 0 saturated carbocycles. The molecule has 0 aliphatic heterocycles. The van der Waals surface area contributed by atoms with Crippen LogP contribution < -0.4 is 0 Å². The molecule has 0 aliphatic rings.